The van der Waals surface area contributed by atoms with E-state index in [1.165, 1.54) is 222 Å². The van der Waals surface area contributed by atoms with Crippen LogP contribution in [0.4, 0.5) is 0 Å². The molecule has 0 aromatic rings. The molecule has 0 spiro atoms. The minimum atomic E-state index is 1.37. The van der Waals surface area contributed by atoms with Crippen molar-refractivity contribution in [3.05, 3.63) is 0 Å². The Morgan fingerprint density at radius 1 is 0.205 bits per heavy atom. The van der Waals surface area contributed by atoms with E-state index in [9.17, 15) is 0 Å². The van der Waals surface area contributed by atoms with E-state index in [0.29, 0.717) is 0 Å². The van der Waals surface area contributed by atoms with Gasteiger partial charge in [0.05, 0.1) is 0 Å². The van der Waals surface area contributed by atoms with Crippen molar-refractivity contribution in [3.8, 4) is 0 Å². The zero-order chi connectivity index (χ0) is 28.2. The molecule has 0 saturated carbocycles. The molecule has 2 heteroatoms. The molecular formula is C37H76S2. The van der Waals surface area contributed by atoms with Gasteiger partial charge in [0.1, 0.15) is 0 Å². The van der Waals surface area contributed by atoms with Crippen molar-refractivity contribution in [2.24, 2.45) is 0 Å². The van der Waals surface area contributed by atoms with Crippen LogP contribution in [0.5, 0.6) is 0 Å². The minimum absolute atomic E-state index is 1.37. The predicted octanol–water partition coefficient (Wildman–Crippen LogP) is 14.6. The number of hydrogen-bond donors (Lipinski definition) is 0. The smallest absolute Gasteiger partial charge is 0.00675 e. The van der Waals surface area contributed by atoms with E-state index in [4.69, 9.17) is 0 Å². The van der Waals surface area contributed by atoms with E-state index in [1.54, 1.807) is 0 Å². The first-order valence-electron chi connectivity index (χ1n) is 18.6. The quantitative estimate of drug-likeness (QED) is 0.0672. The van der Waals surface area contributed by atoms with E-state index < -0.39 is 0 Å². The molecule has 0 aliphatic heterocycles. The second-order valence-electron chi connectivity index (χ2n) is 12.5. The molecule has 236 valence electrons. The van der Waals surface area contributed by atoms with Crippen molar-refractivity contribution in [1.82, 2.24) is 0 Å². The lowest BCUT2D eigenvalue weighted by Gasteiger charge is -2.05. The SMILES string of the molecule is CCCCCCCCCCCCCSCCCCCCCCCCCCSCCCCCCCCCCCC. The zero-order valence-electron chi connectivity index (χ0n) is 27.6. The van der Waals surface area contributed by atoms with E-state index in [-0.39, 0.29) is 0 Å². The molecule has 0 radical (unpaired) electrons. The maximum absolute atomic E-state index is 2.31. The highest BCUT2D eigenvalue weighted by atomic mass is 32.2. The summed E-state index contributed by atoms with van der Waals surface area (Å²) in [6, 6.07) is 0. The lowest BCUT2D eigenvalue weighted by molar-refractivity contribution is 0.555. The fourth-order valence-electron chi connectivity index (χ4n) is 5.59. The average molecular weight is 585 g/mol. The van der Waals surface area contributed by atoms with Gasteiger partial charge in [0.25, 0.3) is 0 Å². The Kier molecular flexibility index (Phi) is 39.4. The molecule has 0 aliphatic rings. The minimum Gasteiger partial charge on any atom is -0.162 e. The number of thioether (sulfide) groups is 2. The molecule has 0 saturated heterocycles. The third-order valence-corrected chi connectivity index (χ3v) is 10.7. The first kappa shape index (κ1) is 39.7. The van der Waals surface area contributed by atoms with E-state index >= 15 is 0 Å². The molecule has 39 heavy (non-hydrogen) atoms. The van der Waals surface area contributed by atoms with E-state index in [1.807, 2.05) is 0 Å². The summed E-state index contributed by atoms with van der Waals surface area (Å²) in [4.78, 5) is 0. The fourth-order valence-corrected chi connectivity index (χ4v) is 7.63. The van der Waals surface area contributed by atoms with Crippen LogP contribution in [0.1, 0.15) is 213 Å². The molecule has 0 amide bonds. The highest BCUT2D eigenvalue weighted by Gasteiger charge is 1.97. The van der Waals surface area contributed by atoms with Crippen LogP contribution < -0.4 is 0 Å². The summed E-state index contributed by atoms with van der Waals surface area (Å²) in [6.45, 7) is 4.61. The first-order valence-corrected chi connectivity index (χ1v) is 20.9. The summed E-state index contributed by atoms with van der Waals surface area (Å²) in [5, 5.41) is 0. The summed E-state index contributed by atoms with van der Waals surface area (Å²) in [7, 11) is 0. The molecule has 0 aliphatic carbocycles. The molecule has 0 heterocycles. The molecule has 0 nitrogen and oxygen atoms in total. The van der Waals surface area contributed by atoms with Gasteiger partial charge in [-0.2, -0.15) is 23.5 Å². The lowest BCUT2D eigenvalue weighted by atomic mass is 10.1. The van der Waals surface area contributed by atoms with Gasteiger partial charge in [-0.05, 0) is 48.7 Å². The van der Waals surface area contributed by atoms with Crippen molar-refractivity contribution >= 4 is 23.5 Å². The summed E-state index contributed by atoms with van der Waals surface area (Å²) in [6.07, 6.45) is 45.5. The highest BCUT2D eigenvalue weighted by molar-refractivity contribution is 7.99. The Morgan fingerprint density at radius 2 is 0.359 bits per heavy atom. The molecule has 0 rings (SSSR count). The monoisotopic (exact) mass is 585 g/mol. The van der Waals surface area contributed by atoms with Crippen LogP contribution in [-0.2, 0) is 0 Å². The summed E-state index contributed by atoms with van der Waals surface area (Å²) < 4.78 is 0. The molecule has 0 unspecified atom stereocenters. The Morgan fingerprint density at radius 3 is 0.538 bits per heavy atom. The molecule has 0 aromatic carbocycles. The van der Waals surface area contributed by atoms with Crippen molar-refractivity contribution in [1.29, 1.82) is 0 Å². The lowest BCUT2D eigenvalue weighted by Crippen LogP contribution is -1.88. The van der Waals surface area contributed by atoms with E-state index in [0.717, 1.165) is 0 Å². The molecule has 0 N–H and O–H groups in total. The van der Waals surface area contributed by atoms with Gasteiger partial charge in [0.2, 0.25) is 0 Å². The molecule has 0 atom stereocenters. The average Bonchev–Trinajstić information content (AvgIpc) is 2.95. The topological polar surface area (TPSA) is 0 Å². The Balaban J connectivity index is 3.01. The van der Waals surface area contributed by atoms with Crippen LogP contribution in [0, 0.1) is 0 Å². The molecule has 0 bridgehead atoms. The van der Waals surface area contributed by atoms with Crippen LogP contribution in [-0.4, -0.2) is 23.0 Å². The van der Waals surface area contributed by atoms with Crippen LogP contribution in [0.15, 0.2) is 0 Å². The van der Waals surface area contributed by atoms with Gasteiger partial charge < -0.3 is 0 Å². The first-order chi connectivity index (χ1) is 19.4. The standard InChI is InChI=1S/C37H76S2/c1-3-5-7-9-11-13-15-19-23-27-31-35-39-37-33-29-25-21-17-16-20-24-28-32-36-38-34-30-26-22-18-14-12-10-8-6-4-2/h3-37H2,1-2H3. The maximum atomic E-state index is 2.31. The Bertz CT molecular complexity index is 361. The van der Waals surface area contributed by atoms with Crippen molar-refractivity contribution < 1.29 is 0 Å². The molecule has 0 aromatic heterocycles. The van der Waals surface area contributed by atoms with Gasteiger partial charge in [-0.3, -0.25) is 0 Å². The van der Waals surface area contributed by atoms with Crippen molar-refractivity contribution in [2.45, 2.75) is 213 Å². The number of unbranched alkanes of at least 4 members (excludes halogenated alkanes) is 28. The zero-order valence-corrected chi connectivity index (χ0v) is 29.2. The normalized spacial score (nSPS) is 11.5. The Hall–Kier alpha value is 0.700. The molecular weight excluding hydrogens is 509 g/mol. The Labute approximate surface area is 258 Å². The van der Waals surface area contributed by atoms with Crippen LogP contribution in [0.3, 0.4) is 0 Å². The number of rotatable bonds is 36. The predicted molar refractivity (Wildman–Crippen MR) is 189 cm³/mol. The second-order valence-corrected chi connectivity index (χ2v) is 14.9. The highest BCUT2D eigenvalue weighted by Crippen LogP contribution is 2.17. The van der Waals surface area contributed by atoms with Crippen LogP contribution >= 0.6 is 23.5 Å². The number of hydrogen-bond acceptors (Lipinski definition) is 2. The summed E-state index contributed by atoms with van der Waals surface area (Å²) >= 11 is 4.44. The maximum Gasteiger partial charge on any atom is -0.00675 e. The molecule has 0 fully saturated rings. The van der Waals surface area contributed by atoms with Gasteiger partial charge in [-0.25, -0.2) is 0 Å². The van der Waals surface area contributed by atoms with Gasteiger partial charge >= 0.3 is 0 Å². The van der Waals surface area contributed by atoms with Crippen molar-refractivity contribution in [2.75, 3.05) is 23.0 Å². The third-order valence-electron chi connectivity index (χ3n) is 8.36. The summed E-state index contributed by atoms with van der Waals surface area (Å²) in [5.74, 6) is 5.65. The van der Waals surface area contributed by atoms with E-state index in [2.05, 4.69) is 37.4 Å². The summed E-state index contributed by atoms with van der Waals surface area (Å²) in [5.41, 5.74) is 0. The second kappa shape index (κ2) is 38.7. The third kappa shape index (κ3) is 38.7. The largest absolute Gasteiger partial charge is 0.162 e. The van der Waals surface area contributed by atoms with Gasteiger partial charge in [-0.1, -0.05) is 187 Å². The van der Waals surface area contributed by atoms with Crippen LogP contribution in [0.2, 0.25) is 0 Å². The van der Waals surface area contributed by atoms with Gasteiger partial charge in [0.15, 0.2) is 0 Å². The van der Waals surface area contributed by atoms with Gasteiger partial charge in [-0.15, -0.1) is 0 Å². The van der Waals surface area contributed by atoms with Gasteiger partial charge in [0, 0.05) is 0 Å². The van der Waals surface area contributed by atoms with Crippen LogP contribution in [0.25, 0.3) is 0 Å². The van der Waals surface area contributed by atoms with Crippen molar-refractivity contribution in [3.63, 3.8) is 0 Å². The fraction of sp³-hybridized carbons (Fsp3) is 1.00.